The molecular weight excluding hydrogens is 334 g/mol. The highest BCUT2D eigenvalue weighted by Crippen LogP contribution is 2.25. The molecule has 26 heavy (non-hydrogen) atoms. The lowest BCUT2D eigenvalue weighted by Gasteiger charge is -2.16. The molecule has 0 saturated carbocycles. The summed E-state index contributed by atoms with van der Waals surface area (Å²) in [4.78, 5) is 37.7. The van der Waals surface area contributed by atoms with E-state index in [1.165, 1.54) is 7.11 Å². The lowest BCUT2D eigenvalue weighted by atomic mass is 10.1. The van der Waals surface area contributed by atoms with Gasteiger partial charge in [0, 0.05) is 18.7 Å². The van der Waals surface area contributed by atoms with Gasteiger partial charge in [-0.3, -0.25) is 9.59 Å². The van der Waals surface area contributed by atoms with Crippen LogP contribution in [-0.2, 0) is 25.7 Å². The predicted molar refractivity (Wildman–Crippen MR) is 94.5 cm³/mol. The van der Waals surface area contributed by atoms with Gasteiger partial charge in [-0.05, 0) is 29.8 Å². The lowest BCUT2D eigenvalue weighted by Crippen LogP contribution is -2.26. The minimum atomic E-state index is -0.494. The van der Waals surface area contributed by atoms with E-state index in [0.717, 1.165) is 5.69 Å². The van der Waals surface area contributed by atoms with Crippen LogP contribution in [0, 0.1) is 5.92 Å². The predicted octanol–water partition coefficient (Wildman–Crippen LogP) is 2.57. The van der Waals surface area contributed by atoms with Crippen LogP contribution in [0.25, 0.3) is 0 Å². The zero-order valence-corrected chi connectivity index (χ0v) is 14.4. The number of esters is 2. The van der Waals surface area contributed by atoms with Crippen molar-refractivity contribution in [1.82, 2.24) is 0 Å². The fourth-order valence-electron chi connectivity index (χ4n) is 2.90. The van der Waals surface area contributed by atoms with Crippen molar-refractivity contribution in [3.63, 3.8) is 0 Å². The largest absolute Gasteiger partial charge is 0.465 e. The molecule has 0 aliphatic carbocycles. The molecule has 1 fully saturated rings. The van der Waals surface area contributed by atoms with Gasteiger partial charge in [-0.1, -0.05) is 30.3 Å². The first-order valence-electron chi connectivity index (χ1n) is 8.28. The van der Waals surface area contributed by atoms with Crippen molar-refractivity contribution in [3.05, 3.63) is 65.7 Å². The Morgan fingerprint density at radius 3 is 2.62 bits per heavy atom. The highest BCUT2D eigenvalue weighted by Gasteiger charge is 2.36. The summed E-state index contributed by atoms with van der Waals surface area (Å²) in [6, 6.07) is 16.0. The highest BCUT2D eigenvalue weighted by molar-refractivity contribution is 5.99. The molecule has 1 aliphatic heterocycles. The van der Waals surface area contributed by atoms with E-state index in [4.69, 9.17) is 4.74 Å². The zero-order valence-electron chi connectivity index (χ0n) is 14.4. The summed E-state index contributed by atoms with van der Waals surface area (Å²) in [6.45, 7) is 0.351. The molecule has 134 valence electrons. The Hall–Kier alpha value is -3.15. The van der Waals surface area contributed by atoms with E-state index in [9.17, 15) is 14.4 Å². The van der Waals surface area contributed by atoms with Gasteiger partial charge in [0.05, 0.1) is 18.6 Å². The first-order valence-corrected chi connectivity index (χ1v) is 8.28. The van der Waals surface area contributed by atoms with E-state index in [-0.39, 0.29) is 18.9 Å². The van der Waals surface area contributed by atoms with Crippen LogP contribution in [0.5, 0.6) is 0 Å². The fraction of sp³-hybridized carbons (Fsp3) is 0.250. The summed E-state index contributed by atoms with van der Waals surface area (Å²) >= 11 is 0. The van der Waals surface area contributed by atoms with Gasteiger partial charge in [-0.15, -0.1) is 0 Å². The molecule has 0 spiro atoms. The number of methoxy groups -OCH3 is 1. The molecule has 2 aromatic carbocycles. The van der Waals surface area contributed by atoms with Crippen molar-refractivity contribution in [2.24, 2.45) is 5.92 Å². The number of benzene rings is 2. The topological polar surface area (TPSA) is 72.9 Å². The molecule has 1 amide bonds. The van der Waals surface area contributed by atoms with E-state index in [1.54, 1.807) is 29.2 Å². The SMILES string of the molecule is COC(=O)c1cccc(COC(=O)C2CC(=O)N(c3ccccc3)C2)c1. The van der Waals surface area contributed by atoms with E-state index in [1.807, 2.05) is 30.3 Å². The zero-order chi connectivity index (χ0) is 18.5. The Bertz CT molecular complexity index is 818. The molecule has 3 rings (SSSR count). The van der Waals surface area contributed by atoms with Gasteiger partial charge in [0.2, 0.25) is 5.91 Å². The molecule has 0 radical (unpaired) electrons. The Kier molecular flexibility index (Phi) is 5.31. The Morgan fingerprint density at radius 1 is 1.12 bits per heavy atom. The molecule has 2 aromatic rings. The van der Waals surface area contributed by atoms with Crippen LogP contribution >= 0.6 is 0 Å². The molecule has 1 aliphatic rings. The van der Waals surface area contributed by atoms with Gasteiger partial charge >= 0.3 is 11.9 Å². The van der Waals surface area contributed by atoms with Crippen molar-refractivity contribution < 1.29 is 23.9 Å². The van der Waals surface area contributed by atoms with Crippen molar-refractivity contribution in [2.75, 3.05) is 18.6 Å². The normalized spacial score (nSPS) is 16.4. The average molecular weight is 353 g/mol. The second-order valence-electron chi connectivity index (χ2n) is 6.04. The Labute approximate surface area is 151 Å². The molecule has 6 heteroatoms. The molecule has 6 nitrogen and oxygen atoms in total. The number of nitrogens with zero attached hydrogens (tertiary/aromatic N) is 1. The summed E-state index contributed by atoms with van der Waals surface area (Å²) in [5.41, 5.74) is 1.86. The van der Waals surface area contributed by atoms with Crippen LogP contribution in [0.15, 0.2) is 54.6 Å². The van der Waals surface area contributed by atoms with Crippen LogP contribution in [0.2, 0.25) is 0 Å². The first kappa shape index (κ1) is 17.7. The number of carbonyl (C=O) groups excluding carboxylic acids is 3. The van der Waals surface area contributed by atoms with Gasteiger partial charge in [0.1, 0.15) is 6.61 Å². The number of rotatable bonds is 5. The molecule has 1 saturated heterocycles. The van der Waals surface area contributed by atoms with Gasteiger partial charge in [-0.25, -0.2) is 4.79 Å². The lowest BCUT2D eigenvalue weighted by molar-refractivity contribution is -0.149. The maximum atomic E-state index is 12.3. The summed E-state index contributed by atoms with van der Waals surface area (Å²) in [7, 11) is 1.31. The van der Waals surface area contributed by atoms with Gasteiger partial charge < -0.3 is 14.4 Å². The fourth-order valence-corrected chi connectivity index (χ4v) is 2.90. The number of anilines is 1. The minimum absolute atomic E-state index is 0.0414. The molecule has 1 atom stereocenters. The standard InChI is InChI=1S/C20H19NO5/c1-25-19(23)15-7-5-6-14(10-15)13-26-20(24)16-11-18(22)21(12-16)17-8-3-2-4-9-17/h2-10,16H,11-13H2,1H3. The third-order valence-electron chi connectivity index (χ3n) is 4.26. The molecule has 1 heterocycles. The van der Waals surface area contributed by atoms with Crippen molar-refractivity contribution in [3.8, 4) is 0 Å². The molecular formula is C20H19NO5. The summed E-state index contributed by atoms with van der Waals surface area (Å²) in [5.74, 6) is -1.45. The van der Waals surface area contributed by atoms with E-state index >= 15 is 0 Å². The third-order valence-corrected chi connectivity index (χ3v) is 4.26. The molecule has 0 bridgehead atoms. The maximum absolute atomic E-state index is 12.3. The van der Waals surface area contributed by atoms with E-state index < -0.39 is 17.9 Å². The first-order chi connectivity index (χ1) is 12.6. The van der Waals surface area contributed by atoms with Crippen molar-refractivity contribution >= 4 is 23.5 Å². The number of amides is 1. The number of hydrogen-bond acceptors (Lipinski definition) is 5. The van der Waals surface area contributed by atoms with Crippen LogP contribution in [-0.4, -0.2) is 31.5 Å². The molecule has 0 N–H and O–H groups in total. The van der Waals surface area contributed by atoms with E-state index in [0.29, 0.717) is 17.7 Å². The van der Waals surface area contributed by atoms with Crippen LogP contribution in [0.3, 0.4) is 0 Å². The minimum Gasteiger partial charge on any atom is -0.465 e. The van der Waals surface area contributed by atoms with Crippen LogP contribution < -0.4 is 4.90 Å². The Balaban J connectivity index is 1.59. The number of hydrogen-bond donors (Lipinski definition) is 0. The quantitative estimate of drug-likeness (QED) is 0.773. The number of ether oxygens (including phenoxy) is 2. The van der Waals surface area contributed by atoms with Gasteiger partial charge in [0.25, 0.3) is 0 Å². The summed E-state index contributed by atoms with van der Waals surface area (Å²) < 4.78 is 10.0. The number of para-hydroxylation sites is 1. The maximum Gasteiger partial charge on any atom is 0.337 e. The van der Waals surface area contributed by atoms with Gasteiger partial charge in [0.15, 0.2) is 0 Å². The smallest absolute Gasteiger partial charge is 0.337 e. The third kappa shape index (κ3) is 3.91. The second-order valence-corrected chi connectivity index (χ2v) is 6.04. The monoisotopic (exact) mass is 353 g/mol. The van der Waals surface area contributed by atoms with E-state index in [2.05, 4.69) is 4.74 Å². The number of carbonyl (C=O) groups is 3. The van der Waals surface area contributed by atoms with Crippen molar-refractivity contribution in [2.45, 2.75) is 13.0 Å². The summed E-state index contributed by atoms with van der Waals surface area (Å²) in [6.07, 6.45) is 0.135. The van der Waals surface area contributed by atoms with Crippen LogP contribution in [0.1, 0.15) is 22.3 Å². The average Bonchev–Trinajstić information content (AvgIpc) is 3.08. The second kappa shape index (κ2) is 7.82. The van der Waals surface area contributed by atoms with Gasteiger partial charge in [-0.2, -0.15) is 0 Å². The highest BCUT2D eigenvalue weighted by atomic mass is 16.5. The van der Waals surface area contributed by atoms with Crippen molar-refractivity contribution in [1.29, 1.82) is 0 Å². The summed E-state index contributed by atoms with van der Waals surface area (Å²) in [5, 5.41) is 0. The Morgan fingerprint density at radius 2 is 1.88 bits per heavy atom. The van der Waals surface area contributed by atoms with Crippen LogP contribution in [0.4, 0.5) is 5.69 Å². The molecule has 0 aromatic heterocycles. The molecule has 1 unspecified atom stereocenters.